The first kappa shape index (κ1) is 9.85. The van der Waals surface area contributed by atoms with Crippen LogP contribution in [0.2, 0.25) is 0 Å². The zero-order chi connectivity index (χ0) is 11.1. The number of hydrogen-bond donors (Lipinski definition) is 1. The molecule has 1 aromatic rings. The van der Waals surface area contributed by atoms with E-state index in [1.165, 1.54) is 16.7 Å². The molecule has 1 atom stereocenters. The molecule has 3 rings (SSSR count). The zero-order valence-electron chi connectivity index (χ0n) is 9.71. The predicted octanol–water partition coefficient (Wildman–Crippen LogP) is 2.23. The van der Waals surface area contributed by atoms with Crippen LogP contribution in [-0.2, 0) is 6.42 Å². The number of aromatic nitrogens is 1. The Hall–Kier alpha value is -1.35. The Kier molecular flexibility index (Phi) is 2.21. The number of fused-ring (bicyclic) bond motifs is 3. The largest absolute Gasteiger partial charge is 0.361 e. The highest BCUT2D eigenvalue weighted by atomic mass is 16.5. The summed E-state index contributed by atoms with van der Waals surface area (Å²) in [5.41, 5.74) is 5.09. The molecule has 2 aliphatic rings. The van der Waals surface area contributed by atoms with Crippen LogP contribution in [0.25, 0.3) is 5.57 Å². The molecule has 0 fully saturated rings. The van der Waals surface area contributed by atoms with Gasteiger partial charge >= 0.3 is 0 Å². The Morgan fingerprint density at radius 2 is 2.31 bits per heavy atom. The van der Waals surface area contributed by atoms with Gasteiger partial charge < -0.3 is 9.84 Å². The van der Waals surface area contributed by atoms with Crippen molar-refractivity contribution in [1.29, 1.82) is 0 Å². The molecule has 0 bridgehead atoms. The van der Waals surface area contributed by atoms with Crippen molar-refractivity contribution >= 4 is 5.57 Å². The van der Waals surface area contributed by atoms with Crippen molar-refractivity contribution in [1.82, 2.24) is 10.5 Å². The van der Waals surface area contributed by atoms with E-state index in [1.54, 1.807) is 0 Å². The van der Waals surface area contributed by atoms with Gasteiger partial charge in [-0.1, -0.05) is 17.3 Å². The molecule has 0 aliphatic heterocycles. The van der Waals surface area contributed by atoms with Crippen LogP contribution in [0.5, 0.6) is 0 Å². The average Bonchev–Trinajstić information content (AvgIpc) is 2.70. The summed E-state index contributed by atoms with van der Waals surface area (Å²) in [4.78, 5) is 0. The lowest BCUT2D eigenvalue weighted by atomic mass is 9.82. The van der Waals surface area contributed by atoms with E-state index in [4.69, 9.17) is 4.52 Å². The minimum atomic E-state index is 0.480. The lowest BCUT2D eigenvalue weighted by Gasteiger charge is -2.24. The number of nitrogens with zero attached hydrogens (tertiary/aromatic N) is 1. The van der Waals surface area contributed by atoms with Gasteiger partial charge in [0.1, 0.15) is 11.5 Å². The SMILES string of the molecule is CNC1C=C2CCc3c(noc3C)C2=CC1. The molecule has 84 valence electrons. The first-order valence-corrected chi connectivity index (χ1v) is 5.83. The van der Waals surface area contributed by atoms with Gasteiger partial charge in [0.15, 0.2) is 0 Å². The Morgan fingerprint density at radius 3 is 3.12 bits per heavy atom. The molecular formula is C13H16N2O. The van der Waals surface area contributed by atoms with Gasteiger partial charge in [-0.3, -0.25) is 0 Å². The van der Waals surface area contributed by atoms with Gasteiger partial charge in [0, 0.05) is 17.2 Å². The molecule has 2 aliphatic carbocycles. The van der Waals surface area contributed by atoms with Crippen LogP contribution in [0.3, 0.4) is 0 Å². The van der Waals surface area contributed by atoms with Crippen LogP contribution < -0.4 is 5.32 Å². The second-order valence-corrected chi connectivity index (χ2v) is 4.51. The molecule has 0 spiro atoms. The average molecular weight is 216 g/mol. The second-order valence-electron chi connectivity index (χ2n) is 4.51. The number of aryl methyl sites for hydroxylation is 1. The second kappa shape index (κ2) is 3.59. The van der Waals surface area contributed by atoms with E-state index >= 15 is 0 Å². The molecule has 3 heteroatoms. The van der Waals surface area contributed by atoms with E-state index in [-0.39, 0.29) is 0 Å². The highest BCUT2D eigenvalue weighted by Crippen LogP contribution is 2.38. The van der Waals surface area contributed by atoms with Gasteiger partial charge in [0.25, 0.3) is 0 Å². The Morgan fingerprint density at radius 1 is 1.44 bits per heavy atom. The zero-order valence-corrected chi connectivity index (χ0v) is 9.71. The van der Waals surface area contributed by atoms with Crippen molar-refractivity contribution in [3.05, 3.63) is 34.7 Å². The van der Waals surface area contributed by atoms with Crippen molar-refractivity contribution in [2.24, 2.45) is 0 Å². The van der Waals surface area contributed by atoms with Gasteiger partial charge in [0.2, 0.25) is 0 Å². The summed E-state index contributed by atoms with van der Waals surface area (Å²) in [5, 5.41) is 7.49. The van der Waals surface area contributed by atoms with E-state index in [0.29, 0.717) is 6.04 Å². The lowest BCUT2D eigenvalue weighted by Crippen LogP contribution is -2.25. The summed E-state index contributed by atoms with van der Waals surface area (Å²) < 4.78 is 5.29. The predicted molar refractivity (Wildman–Crippen MR) is 63.1 cm³/mol. The first-order chi connectivity index (χ1) is 7.79. The van der Waals surface area contributed by atoms with Gasteiger partial charge in [-0.15, -0.1) is 0 Å². The van der Waals surface area contributed by atoms with Crippen LogP contribution in [-0.4, -0.2) is 18.2 Å². The van der Waals surface area contributed by atoms with Crippen LogP contribution >= 0.6 is 0 Å². The van der Waals surface area contributed by atoms with E-state index in [1.807, 2.05) is 14.0 Å². The summed E-state index contributed by atoms with van der Waals surface area (Å²) in [7, 11) is 2.01. The summed E-state index contributed by atoms with van der Waals surface area (Å²) in [6.07, 6.45) is 7.84. The van der Waals surface area contributed by atoms with Crippen LogP contribution in [0.4, 0.5) is 0 Å². The fourth-order valence-electron chi connectivity index (χ4n) is 2.60. The number of likely N-dealkylation sites (N-methyl/N-ethyl adjacent to an activating group) is 1. The molecule has 0 radical (unpaired) electrons. The van der Waals surface area contributed by atoms with Crippen molar-refractivity contribution in [3.8, 4) is 0 Å². The number of rotatable bonds is 1. The molecule has 16 heavy (non-hydrogen) atoms. The molecule has 0 amide bonds. The molecule has 1 N–H and O–H groups in total. The monoisotopic (exact) mass is 216 g/mol. The number of nitrogens with one attached hydrogen (secondary N) is 1. The summed E-state index contributed by atoms with van der Waals surface area (Å²) in [6, 6.07) is 0.480. The quantitative estimate of drug-likeness (QED) is 0.782. The van der Waals surface area contributed by atoms with E-state index < -0.39 is 0 Å². The Labute approximate surface area is 95.2 Å². The van der Waals surface area contributed by atoms with Gasteiger partial charge in [0.05, 0.1) is 0 Å². The maximum Gasteiger partial charge on any atom is 0.137 e. The molecule has 3 nitrogen and oxygen atoms in total. The maximum atomic E-state index is 5.29. The molecule has 1 aromatic heterocycles. The standard InChI is InChI=1S/C13H16N2O/c1-8-11-5-3-9-7-10(14-2)4-6-12(9)13(11)15-16-8/h6-7,10,14H,3-5H2,1-2H3. The Bertz CT molecular complexity index is 482. The normalized spacial score (nSPS) is 23.2. The summed E-state index contributed by atoms with van der Waals surface area (Å²) in [5.74, 6) is 0.977. The van der Waals surface area contributed by atoms with Crippen LogP contribution in [0.1, 0.15) is 29.9 Å². The Balaban J connectivity index is 2.04. The minimum Gasteiger partial charge on any atom is -0.361 e. The van der Waals surface area contributed by atoms with Crippen LogP contribution in [0.15, 0.2) is 22.2 Å². The number of allylic oxidation sites excluding steroid dienone is 2. The van der Waals surface area contributed by atoms with Crippen molar-refractivity contribution < 1.29 is 4.52 Å². The molecule has 0 saturated carbocycles. The summed E-state index contributed by atoms with van der Waals surface area (Å²) >= 11 is 0. The van der Waals surface area contributed by atoms with E-state index in [9.17, 15) is 0 Å². The molecule has 0 aromatic carbocycles. The minimum absolute atomic E-state index is 0.480. The van der Waals surface area contributed by atoms with E-state index in [0.717, 1.165) is 30.7 Å². The van der Waals surface area contributed by atoms with Gasteiger partial charge in [-0.05, 0) is 38.8 Å². The van der Waals surface area contributed by atoms with Crippen molar-refractivity contribution in [2.75, 3.05) is 7.05 Å². The molecule has 1 heterocycles. The fourth-order valence-corrected chi connectivity index (χ4v) is 2.60. The third kappa shape index (κ3) is 1.35. The first-order valence-electron chi connectivity index (χ1n) is 5.83. The molecule has 0 saturated heterocycles. The third-order valence-electron chi connectivity index (χ3n) is 3.58. The summed E-state index contributed by atoms with van der Waals surface area (Å²) in [6.45, 7) is 2.00. The van der Waals surface area contributed by atoms with Crippen LogP contribution in [0, 0.1) is 6.92 Å². The lowest BCUT2D eigenvalue weighted by molar-refractivity contribution is 0.395. The van der Waals surface area contributed by atoms with Gasteiger partial charge in [-0.25, -0.2) is 0 Å². The maximum absolute atomic E-state index is 5.29. The molecule has 1 unspecified atom stereocenters. The molecular weight excluding hydrogens is 200 g/mol. The topological polar surface area (TPSA) is 38.1 Å². The van der Waals surface area contributed by atoms with E-state index in [2.05, 4.69) is 22.6 Å². The van der Waals surface area contributed by atoms with Crippen molar-refractivity contribution in [2.45, 2.75) is 32.2 Å². The number of hydrogen-bond acceptors (Lipinski definition) is 3. The fraction of sp³-hybridized carbons (Fsp3) is 0.462. The highest BCUT2D eigenvalue weighted by Gasteiger charge is 2.26. The van der Waals surface area contributed by atoms with Crippen molar-refractivity contribution in [3.63, 3.8) is 0 Å². The third-order valence-corrected chi connectivity index (χ3v) is 3.58. The van der Waals surface area contributed by atoms with Gasteiger partial charge in [-0.2, -0.15) is 0 Å². The smallest absolute Gasteiger partial charge is 0.137 e. The highest BCUT2D eigenvalue weighted by molar-refractivity contribution is 5.81.